The minimum absolute atomic E-state index is 0.0220. The zero-order chi connectivity index (χ0) is 31.3. The maximum absolute atomic E-state index is 14.1. The third-order valence-electron chi connectivity index (χ3n) is 6.21. The molecule has 0 aromatic carbocycles. The summed E-state index contributed by atoms with van der Waals surface area (Å²) < 4.78 is 60.8. The van der Waals surface area contributed by atoms with Gasteiger partial charge in [-0.3, -0.25) is 0 Å². The molecule has 1 N–H and O–H groups in total. The van der Waals surface area contributed by atoms with Gasteiger partial charge in [-0.25, -0.2) is 24.2 Å². The van der Waals surface area contributed by atoms with Crippen LogP contribution in [0.25, 0.3) is 11.2 Å². The van der Waals surface area contributed by atoms with Crippen molar-refractivity contribution in [1.82, 2.24) is 19.5 Å². The van der Waals surface area contributed by atoms with Gasteiger partial charge in [0.05, 0.1) is 12.9 Å². The van der Waals surface area contributed by atoms with E-state index in [-0.39, 0.29) is 46.6 Å². The van der Waals surface area contributed by atoms with Crippen LogP contribution in [0.5, 0.6) is 0 Å². The van der Waals surface area contributed by atoms with Gasteiger partial charge in [-0.2, -0.15) is 14.4 Å². The lowest BCUT2D eigenvalue weighted by molar-refractivity contribution is -0.139. The average Bonchev–Trinajstić information content (AvgIpc) is 3.63. The smallest absolute Gasteiger partial charge is 0.431 e. The van der Waals surface area contributed by atoms with Crippen molar-refractivity contribution < 1.29 is 55.3 Å². The van der Waals surface area contributed by atoms with E-state index in [0.29, 0.717) is 0 Å². The van der Waals surface area contributed by atoms with Gasteiger partial charge in [-0.1, -0.05) is 0 Å². The van der Waals surface area contributed by atoms with Gasteiger partial charge in [0.2, 0.25) is 0 Å². The normalized spacial score (nSPS) is 13.3. The number of rotatable bonds is 12. The summed E-state index contributed by atoms with van der Waals surface area (Å²) in [5.41, 5.74) is -1.32. The number of hydrogen-bond acceptors (Lipinski definition) is 17. The predicted molar refractivity (Wildman–Crippen MR) is 135 cm³/mol. The number of hydrogen-bond donors (Lipinski definition) is 1. The summed E-state index contributed by atoms with van der Waals surface area (Å²) in [5, 5.41) is 2.71. The molecule has 4 rings (SSSR count). The van der Waals surface area contributed by atoms with Crippen LogP contribution in [0.15, 0.2) is 33.6 Å². The summed E-state index contributed by atoms with van der Waals surface area (Å²) in [6, 6.07) is 0. The highest BCUT2D eigenvalue weighted by Crippen LogP contribution is 2.25. The monoisotopic (exact) mass is 611 g/mol. The number of nitrogens with one attached hydrogen (secondary N) is 1. The standard InChI is InChI=1S/C24H26FN5O13/c1-11-13(41-22(33)39-11)7-36-20(31)38-9-24(3,35-5)15(43-21(32)37-8-14-12(2)40-23(34)42-14)6-30-10-27-16-17(26-4)28-19(25)29-18(16)30/h10,15H,6-9H2,1-5H3,(H,26,28,29)/t15-,24+/m0/s1. The molecule has 0 aliphatic heterocycles. The lowest BCUT2D eigenvalue weighted by atomic mass is 9.99. The zero-order valence-electron chi connectivity index (χ0n) is 23.5. The fourth-order valence-corrected chi connectivity index (χ4v) is 3.70. The largest absolute Gasteiger partial charge is 0.519 e. The molecule has 4 aromatic rings. The van der Waals surface area contributed by atoms with Gasteiger partial charge in [0.25, 0.3) is 0 Å². The number of halogens is 1. The molecule has 0 fully saturated rings. The van der Waals surface area contributed by atoms with E-state index >= 15 is 0 Å². The molecule has 43 heavy (non-hydrogen) atoms. The molecule has 0 unspecified atom stereocenters. The highest BCUT2D eigenvalue weighted by molar-refractivity contribution is 5.82. The second-order valence-electron chi connectivity index (χ2n) is 9.02. The Labute approximate surface area is 239 Å². The van der Waals surface area contributed by atoms with Gasteiger partial charge in [0, 0.05) is 14.2 Å². The number of imidazole rings is 1. The van der Waals surface area contributed by atoms with Crippen molar-refractivity contribution in [3.63, 3.8) is 0 Å². The predicted octanol–water partition coefficient (Wildman–Crippen LogP) is 2.20. The molecule has 232 valence electrons. The minimum Gasteiger partial charge on any atom is -0.431 e. The van der Waals surface area contributed by atoms with Crippen molar-refractivity contribution in [2.45, 2.75) is 52.2 Å². The first kappa shape index (κ1) is 30.8. The lowest BCUT2D eigenvalue weighted by Gasteiger charge is -2.34. The third kappa shape index (κ3) is 7.18. The Hall–Kier alpha value is -5.20. The fraction of sp³-hybridized carbons (Fsp3) is 0.458. The maximum Gasteiger partial charge on any atom is 0.519 e. The lowest BCUT2D eigenvalue weighted by Crippen LogP contribution is -2.50. The summed E-state index contributed by atoms with van der Waals surface area (Å²) >= 11 is 0. The van der Waals surface area contributed by atoms with Crippen LogP contribution in [0, 0.1) is 19.9 Å². The second kappa shape index (κ2) is 12.8. The second-order valence-corrected chi connectivity index (χ2v) is 9.02. The Kier molecular flexibility index (Phi) is 9.12. The third-order valence-corrected chi connectivity index (χ3v) is 6.21. The average molecular weight is 611 g/mol. The first-order chi connectivity index (χ1) is 20.4. The van der Waals surface area contributed by atoms with Crippen LogP contribution in [0.1, 0.15) is 30.0 Å². The van der Waals surface area contributed by atoms with E-state index in [9.17, 15) is 23.6 Å². The number of fused-ring (bicyclic) bond motifs is 1. The van der Waals surface area contributed by atoms with Crippen LogP contribution < -0.4 is 17.0 Å². The molecule has 19 heteroatoms. The molecule has 0 aliphatic carbocycles. The molecule has 4 heterocycles. The van der Waals surface area contributed by atoms with Gasteiger partial charge in [0.1, 0.15) is 12.2 Å². The summed E-state index contributed by atoms with van der Waals surface area (Å²) in [6.45, 7) is 2.56. The van der Waals surface area contributed by atoms with E-state index in [0.717, 1.165) is 0 Å². The van der Waals surface area contributed by atoms with Gasteiger partial charge < -0.3 is 51.2 Å². The number of nitrogens with zero attached hydrogens (tertiary/aromatic N) is 4. The number of ether oxygens (including phenoxy) is 5. The van der Waals surface area contributed by atoms with Crippen LogP contribution in [0.4, 0.5) is 19.8 Å². The number of aromatic nitrogens is 4. The Morgan fingerprint density at radius 3 is 2.14 bits per heavy atom. The van der Waals surface area contributed by atoms with Gasteiger partial charge in [-0.05, 0) is 20.8 Å². The van der Waals surface area contributed by atoms with Crippen molar-refractivity contribution in [3.05, 3.63) is 56.7 Å². The summed E-state index contributed by atoms with van der Waals surface area (Å²) in [4.78, 5) is 59.2. The topological polar surface area (TPSA) is 223 Å². The van der Waals surface area contributed by atoms with Gasteiger partial charge in [0.15, 0.2) is 59.3 Å². The molecular formula is C24H26FN5O13. The van der Waals surface area contributed by atoms with Crippen LogP contribution in [0.3, 0.4) is 0 Å². The van der Waals surface area contributed by atoms with E-state index in [2.05, 4.69) is 20.3 Å². The number of anilines is 1. The molecule has 0 saturated heterocycles. The van der Waals surface area contributed by atoms with Crippen LogP contribution >= 0.6 is 0 Å². The van der Waals surface area contributed by atoms with E-state index in [4.69, 9.17) is 41.4 Å². The molecule has 0 aliphatic rings. The number of carbonyl (C=O) groups excluding carboxylic acids is 2. The molecule has 4 aromatic heterocycles. The number of aryl methyl sites for hydroxylation is 2. The molecule has 0 bridgehead atoms. The van der Waals surface area contributed by atoms with Crippen molar-refractivity contribution in [1.29, 1.82) is 0 Å². The summed E-state index contributed by atoms with van der Waals surface area (Å²) in [5.74, 6) is -1.69. The van der Waals surface area contributed by atoms with Crippen molar-refractivity contribution in [3.8, 4) is 0 Å². The molecule has 0 spiro atoms. The molecule has 0 amide bonds. The van der Waals surface area contributed by atoms with Crippen molar-refractivity contribution >= 4 is 29.3 Å². The zero-order valence-corrected chi connectivity index (χ0v) is 23.5. The first-order valence-electron chi connectivity index (χ1n) is 12.4. The number of carbonyl (C=O) groups is 2. The van der Waals surface area contributed by atoms with Gasteiger partial charge >= 0.3 is 30.0 Å². The molecule has 0 saturated carbocycles. The number of methoxy groups -OCH3 is 1. The van der Waals surface area contributed by atoms with Crippen LogP contribution in [0.2, 0.25) is 0 Å². The molecular weight excluding hydrogens is 585 g/mol. The van der Waals surface area contributed by atoms with E-state index in [1.165, 1.54) is 45.8 Å². The fourth-order valence-electron chi connectivity index (χ4n) is 3.70. The molecule has 2 atom stereocenters. The highest BCUT2D eigenvalue weighted by atomic mass is 19.1. The Bertz CT molecular complexity index is 1720. The Balaban J connectivity index is 1.53. The van der Waals surface area contributed by atoms with Gasteiger partial charge in [-0.15, -0.1) is 0 Å². The highest BCUT2D eigenvalue weighted by Gasteiger charge is 2.41. The Morgan fingerprint density at radius 2 is 1.60 bits per heavy atom. The van der Waals surface area contributed by atoms with E-state index in [1.54, 1.807) is 0 Å². The van der Waals surface area contributed by atoms with Crippen molar-refractivity contribution in [2.75, 3.05) is 26.1 Å². The first-order valence-corrected chi connectivity index (χ1v) is 12.4. The Morgan fingerprint density at radius 1 is 1.00 bits per heavy atom. The van der Waals surface area contributed by atoms with E-state index < -0.39 is 61.6 Å². The molecule has 18 nitrogen and oxygen atoms in total. The SMILES string of the molecule is CNc1nc(F)nc2c1ncn2C[C@H](OC(=O)OCc1oc(=O)oc1C)[C@@](C)(COC(=O)OCc1oc(=O)oc1C)OC. The quantitative estimate of drug-likeness (QED) is 0.179. The van der Waals surface area contributed by atoms with Crippen molar-refractivity contribution in [2.24, 2.45) is 0 Å². The van der Waals surface area contributed by atoms with E-state index in [1.807, 2.05) is 0 Å². The van der Waals surface area contributed by atoms with Crippen LogP contribution in [-0.4, -0.2) is 64.3 Å². The minimum atomic E-state index is -1.58. The molecule has 0 radical (unpaired) electrons. The summed E-state index contributed by atoms with van der Waals surface area (Å²) in [6.07, 6.45) is -3.46. The summed E-state index contributed by atoms with van der Waals surface area (Å²) in [7, 11) is 2.78. The van der Waals surface area contributed by atoms with Crippen LogP contribution in [-0.2, 0) is 43.4 Å². The maximum atomic E-state index is 14.1.